The van der Waals surface area contributed by atoms with Crippen LogP contribution in [0.4, 0.5) is 20.2 Å². The predicted molar refractivity (Wildman–Crippen MR) is 70.9 cm³/mol. The summed E-state index contributed by atoms with van der Waals surface area (Å²) in [6.07, 6.45) is 2.52. The van der Waals surface area contributed by atoms with Crippen molar-refractivity contribution in [2.24, 2.45) is 5.41 Å². The van der Waals surface area contributed by atoms with Gasteiger partial charge in [-0.15, -0.1) is 0 Å². The van der Waals surface area contributed by atoms with Gasteiger partial charge < -0.3 is 11.1 Å². The highest BCUT2D eigenvalue weighted by Crippen LogP contribution is 2.38. The molecule has 2 rings (SSSR count). The summed E-state index contributed by atoms with van der Waals surface area (Å²) < 4.78 is 25.0. The highest BCUT2D eigenvalue weighted by molar-refractivity contribution is 5.67. The van der Waals surface area contributed by atoms with Crippen molar-refractivity contribution < 1.29 is 8.78 Å². The van der Waals surface area contributed by atoms with Crippen LogP contribution in [0.1, 0.15) is 44.6 Å². The van der Waals surface area contributed by atoms with Gasteiger partial charge in [0.15, 0.2) is 0 Å². The van der Waals surface area contributed by atoms with Crippen molar-refractivity contribution in [2.75, 3.05) is 17.6 Å². The molecule has 0 radical (unpaired) electrons. The highest BCUT2D eigenvalue weighted by Gasteiger charge is 2.28. The molecule has 1 aromatic carbocycles. The molecule has 2 nitrogen and oxygen atoms in total. The summed E-state index contributed by atoms with van der Waals surface area (Å²) in [5, 5.41) is 3.29. The Bertz CT molecular complexity index is 412. The average Bonchev–Trinajstić information content (AvgIpc) is 2.75. The summed E-state index contributed by atoms with van der Waals surface area (Å²) in [6.45, 7) is 3.11. The predicted octanol–water partition coefficient (Wildman–Crippen LogP) is 4.20. The van der Waals surface area contributed by atoms with E-state index in [-0.39, 0.29) is 5.56 Å². The van der Waals surface area contributed by atoms with Crippen LogP contribution in [0.2, 0.25) is 0 Å². The molecule has 0 amide bonds. The number of nitrogens with two attached hydrogens (primary N) is 1. The molecule has 1 saturated carbocycles. The number of hydrogen-bond acceptors (Lipinski definition) is 2. The lowest BCUT2D eigenvalue weighted by molar-refractivity contribution is 0.151. The van der Waals surface area contributed by atoms with Gasteiger partial charge in [0.05, 0.1) is 11.4 Å². The van der Waals surface area contributed by atoms with Gasteiger partial charge in [-0.25, -0.2) is 8.78 Å². The van der Waals surface area contributed by atoms with E-state index in [0.717, 1.165) is 12.2 Å². The summed E-state index contributed by atoms with van der Waals surface area (Å²) in [4.78, 5) is 0. The van der Waals surface area contributed by atoms with Crippen molar-refractivity contribution in [1.82, 2.24) is 0 Å². The first-order valence-electron chi connectivity index (χ1n) is 6.42. The SMILES string of the molecule is CC1(CNc2ccc(C(F)F)cc2N)CCCC1. The largest absolute Gasteiger partial charge is 0.397 e. The minimum atomic E-state index is -2.46. The molecule has 1 aliphatic rings. The lowest BCUT2D eigenvalue weighted by Crippen LogP contribution is -2.23. The van der Waals surface area contributed by atoms with Crippen LogP contribution in [-0.4, -0.2) is 6.54 Å². The first kappa shape index (κ1) is 13.1. The number of nitrogens with one attached hydrogen (secondary N) is 1. The van der Waals surface area contributed by atoms with Crippen LogP contribution >= 0.6 is 0 Å². The van der Waals surface area contributed by atoms with Crippen LogP contribution < -0.4 is 11.1 Å². The van der Waals surface area contributed by atoms with Gasteiger partial charge in [-0.05, 0) is 30.4 Å². The third kappa shape index (κ3) is 2.92. The monoisotopic (exact) mass is 254 g/mol. The van der Waals surface area contributed by atoms with E-state index in [0.29, 0.717) is 11.1 Å². The third-order valence-corrected chi connectivity index (χ3v) is 3.84. The zero-order valence-corrected chi connectivity index (χ0v) is 10.7. The van der Waals surface area contributed by atoms with Crippen LogP contribution in [0.3, 0.4) is 0 Å². The fourth-order valence-electron chi connectivity index (χ4n) is 2.59. The Morgan fingerprint density at radius 1 is 1.33 bits per heavy atom. The van der Waals surface area contributed by atoms with Gasteiger partial charge in [0.1, 0.15) is 0 Å². The Hall–Kier alpha value is -1.32. The summed E-state index contributed by atoms with van der Waals surface area (Å²) in [7, 11) is 0. The quantitative estimate of drug-likeness (QED) is 0.790. The zero-order valence-electron chi connectivity index (χ0n) is 10.7. The normalized spacial score (nSPS) is 18.2. The molecule has 0 spiro atoms. The number of nitrogen functional groups attached to an aromatic ring is 1. The van der Waals surface area contributed by atoms with Crippen LogP contribution in [0.25, 0.3) is 0 Å². The lowest BCUT2D eigenvalue weighted by atomic mass is 9.89. The number of halogens is 2. The number of benzene rings is 1. The molecule has 1 aliphatic carbocycles. The van der Waals surface area contributed by atoms with Crippen LogP contribution in [0.5, 0.6) is 0 Å². The van der Waals surface area contributed by atoms with Crippen molar-refractivity contribution in [2.45, 2.75) is 39.0 Å². The van der Waals surface area contributed by atoms with E-state index < -0.39 is 6.43 Å². The molecule has 0 unspecified atom stereocenters. The van der Waals surface area contributed by atoms with Crippen LogP contribution in [0.15, 0.2) is 18.2 Å². The topological polar surface area (TPSA) is 38.0 Å². The second-order valence-electron chi connectivity index (χ2n) is 5.52. The van der Waals surface area contributed by atoms with E-state index in [2.05, 4.69) is 12.2 Å². The molecule has 4 heteroatoms. The zero-order chi connectivity index (χ0) is 13.2. The molecule has 100 valence electrons. The Kier molecular flexibility index (Phi) is 3.73. The smallest absolute Gasteiger partial charge is 0.263 e. The van der Waals surface area contributed by atoms with Gasteiger partial charge in [-0.3, -0.25) is 0 Å². The van der Waals surface area contributed by atoms with E-state index in [1.54, 1.807) is 6.07 Å². The van der Waals surface area contributed by atoms with Crippen LogP contribution in [0, 0.1) is 5.41 Å². The molecular weight excluding hydrogens is 234 g/mol. The molecule has 18 heavy (non-hydrogen) atoms. The van der Waals surface area contributed by atoms with Gasteiger partial charge in [0, 0.05) is 12.1 Å². The van der Waals surface area contributed by atoms with Crippen molar-refractivity contribution >= 4 is 11.4 Å². The van der Waals surface area contributed by atoms with Crippen molar-refractivity contribution in [3.8, 4) is 0 Å². The van der Waals surface area contributed by atoms with Gasteiger partial charge in [-0.1, -0.05) is 25.8 Å². The van der Waals surface area contributed by atoms with E-state index >= 15 is 0 Å². The molecular formula is C14H20F2N2. The molecule has 0 aliphatic heterocycles. The fourth-order valence-corrected chi connectivity index (χ4v) is 2.59. The van der Waals surface area contributed by atoms with Crippen LogP contribution in [-0.2, 0) is 0 Å². The lowest BCUT2D eigenvalue weighted by Gasteiger charge is -2.25. The maximum absolute atomic E-state index is 12.5. The van der Waals surface area contributed by atoms with E-state index in [9.17, 15) is 8.78 Å². The molecule has 0 aromatic heterocycles. The second kappa shape index (κ2) is 5.12. The van der Waals surface area contributed by atoms with Crippen molar-refractivity contribution in [3.63, 3.8) is 0 Å². The Morgan fingerprint density at radius 3 is 2.56 bits per heavy atom. The third-order valence-electron chi connectivity index (χ3n) is 3.84. The summed E-state index contributed by atoms with van der Waals surface area (Å²) in [5.41, 5.74) is 7.24. The van der Waals surface area contributed by atoms with E-state index in [1.807, 2.05) is 0 Å². The molecule has 3 N–H and O–H groups in total. The number of hydrogen-bond donors (Lipinski definition) is 2. The Labute approximate surface area is 107 Å². The average molecular weight is 254 g/mol. The molecule has 0 heterocycles. The molecule has 0 atom stereocenters. The molecule has 1 aromatic rings. The van der Waals surface area contributed by atoms with Gasteiger partial charge in [0.2, 0.25) is 0 Å². The highest BCUT2D eigenvalue weighted by atomic mass is 19.3. The van der Waals surface area contributed by atoms with E-state index in [4.69, 9.17) is 5.73 Å². The number of alkyl halides is 2. The maximum Gasteiger partial charge on any atom is 0.263 e. The van der Waals surface area contributed by atoms with E-state index in [1.165, 1.54) is 37.8 Å². The number of anilines is 2. The Morgan fingerprint density at radius 2 is 2.00 bits per heavy atom. The minimum Gasteiger partial charge on any atom is -0.397 e. The fraction of sp³-hybridized carbons (Fsp3) is 0.571. The first-order valence-corrected chi connectivity index (χ1v) is 6.42. The van der Waals surface area contributed by atoms with Gasteiger partial charge in [-0.2, -0.15) is 0 Å². The van der Waals surface area contributed by atoms with Crippen molar-refractivity contribution in [1.29, 1.82) is 0 Å². The molecule has 0 saturated heterocycles. The number of rotatable bonds is 4. The molecule has 1 fully saturated rings. The first-order chi connectivity index (χ1) is 8.50. The standard InChI is InChI=1S/C14H20F2N2/c1-14(6-2-3-7-14)9-18-12-5-4-10(13(15)16)8-11(12)17/h4-5,8,13,18H,2-3,6-7,9,17H2,1H3. The molecule has 0 bridgehead atoms. The maximum atomic E-state index is 12.5. The van der Waals surface area contributed by atoms with Crippen molar-refractivity contribution in [3.05, 3.63) is 23.8 Å². The minimum absolute atomic E-state index is 0.0230. The summed E-state index contributed by atoms with van der Waals surface area (Å²) in [6, 6.07) is 4.43. The van der Waals surface area contributed by atoms with Gasteiger partial charge >= 0.3 is 0 Å². The van der Waals surface area contributed by atoms with Gasteiger partial charge in [0.25, 0.3) is 6.43 Å². The Balaban J connectivity index is 2.01. The second-order valence-corrected chi connectivity index (χ2v) is 5.52. The summed E-state index contributed by atoms with van der Waals surface area (Å²) in [5.74, 6) is 0. The summed E-state index contributed by atoms with van der Waals surface area (Å²) >= 11 is 0.